The third-order valence-electron chi connectivity index (χ3n) is 4.93. The molecule has 108 valence electrons. The first-order valence-corrected chi connectivity index (χ1v) is 8.32. The van der Waals surface area contributed by atoms with Crippen LogP contribution in [-0.4, -0.2) is 12.4 Å². The van der Waals surface area contributed by atoms with E-state index in [0.717, 1.165) is 47.9 Å². The zero-order chi connectivity index (χ0) is 14.4. The lowest BCUT2D eigenvalue weighted by Gasteiger charge is -2.25. The number of hydrogen-bond donors (Lipinski definition) is 0. The van der Waals surface area contributed by atoms with Gasteiger partial charge in [0.25, 0.3) is 0 Å². The topological polar surface area (TPSA) is 26.3 Å². The van der Waals surface area contributed by atoms with Crippen LogP contribution < -0.4 is 0 Å². The van der Waals surface area contributed by atoms with Gasteiger partial charge < -0.3 is 4.74 Å². The molecule has 1 aliphatic heterocycles. The molecule has 1 aromatic rings. The van der Waals surface area contributed by atoms with Crippen molar-refractivity contribution in [2.75, 3.05) is 6.61 Å². The van der Waals surface area contributed by atoms with Crippen LogP contribution in [0.5, 0.6) is 0 Å². The molecule has 1 atom stereocenters. The van der Waals surface area contributed by atoms with Gasteiger partial charge in [-0.05, 0) is 49.0 Å². The standard InChI is InChI=1S/C18H17BrO2/c19-14-6-5-12-10-18(17(20)15(12)9-14)7-8-21-16-4-2-1-3-13(16)11-18/h1,3,5-6,9H,2,4,7-8,10-11H2. The molecule has 0 amide bonds. The van der Waals surface area contributed by atoms with Crippen molar-refractivity contribution in [1.82, 2.24) is 0 Å². The maximum atomic E-state index is 13.0. The first-order valence-electron chi connectivity index (χ1n) is 7.53. The summed E-state index contributed by atoms with van der Waals surface area (Å²) in [6, 6.07) is 6.09. The Labute approximate surface area is 133 Å². The van der Waals surface area contributed by atoms with Crippen molar-refractivity contribution < 1.29 is 9.53 Å². The quantitative estimate of drug-likeness (QED) is 0.688. The van der Waals surface area contributed by atoms with Gasteiger partial charge in [0.2, 0.25) is 0 Å². The smallest absolute Gasteiger partial charge is 0.170 e. The molecule has 3 aliphatic rings. The maximum absolute atomic E-state index is 13.0. The second-order valence-electron chi connectivity index (χ2n) is 6.25. The van der Waals surface area contributed by atoms with Crippen molar-refractivity contribution in [1.29, 1.82) is 0 Å². The number of benzene rings is 1. The van der Waals surface area contributed by atoms with Crippen LogP contribution in [0, 0.1) is 5.41 Å². The van der Waals surface area contributed by atoms with Gasteiger partial charge in [0.15, 0.2) is 5.78 Å². The zero-order valence-electron chi connectivity index (χ0n) is 11.8. The summed E-state index contributed by atoms with van der Waals surface area (Å²) in [5.41, 5.74) is 3.03. The van der Waals surface area contributed by atoms with Crippen LogP contribution in [0.2, 0.25) is 0 Å². The second-order valence-corrected chi connectivity index (χ2v) is 7.17. The molecular formula is C18H17BrO2. The van der Waals surface area contributed by atoms with Crippen molar-refractivity contribution in [3.8, 4) is 0 Å². The minimum absolute atomic E-state index is 0.290. The number of Topliss-reactive ketones (excluding diaryl/α,β-unsaturated/α-hetero) is 1. The fraction of sp³-hybridized carbons (Fsp3) is 0.389. The van der Waals surface area contributed by atoms with Crippen LogP contribution in [0.3, 0.4) is 0 Å². The highest BCUT2D eigenvalue weighted by atomic mass is 79.9. The number of carbonyl (C=O) groups excluding carboxylic acids is 1. The molecule has 2 nitrogen and oxygen atoms in total. The van der Waals surface area contributed by atoms with E-state index in [4.69, 9.17) is 4.74 Å². The normalized spacial score (nSPS) is 27.4. The molecule has 21 heavy (non-hydrogen) atoms. The highest BCUT2D eigenvalue weighted by Gasteiger charge is 2.46. The fourth-order valence-electron chi connectivity index (χ4n) is 3.83. The summed E-state index contributed by atoms with van der Waals surface area (Å²) in [5.74, 6) is 1.41. The Morgan fingerprint density at radius 1 is 1.24 bits per heavy atom. The highest BCUT2D eigenvalue weighted by Crippen LogP contribution is 2.47. The van der Waals surface area contributed by atoms with Gasteiger partial charge in [0.1, 0.15) is 0 Å². The first-order chi connectivity index (χ1) is 10.2. The summed E-state index contributed by atoms with van der Waals surface area (Å²) < 4.78 is 6.91. The first kappa shape index (κ1) is 13.3. The zero-order valence-corrected chi connectivity index (χ0v) is 13.4. The average Bonchev–Trinajstić information content (AvgIpc) is 2.65. The van der Waals surface area contributed by atoms with E-state index in [0.29, 0.717) is 12.4 Å². The lowest BCUT2D eigenvalue weighted by atomic mass is 9.75. The molecule has 0 saturated heterocycles. The summed E-state index contributed by atoms with van der Waals surface area (Å²) in [6.07, 6.45) is 8.88. The molecule has 3 heteroatoms. The lowest BCUT2D eigenvalue weighted by molar-refractivity contribution is 0.0769. The summed E-state index contributed by atoms with van der Waals surface area (Å²) in [6.45, 7) is 0.660. The molecular weight excluding hydrogens is 328 g/mol. The van der Waals surface area contributed by atoms with Gasteiger partial charge in [-0.2, -0.15) is 0 Å². The number of ether oxygens (including phenoxy) is 1. The van der Waals surface area contributed by atoms with Crippen LogP contribution in [0.4, 0.5) is 0 Å². The van der Waals surface area contributed by atoms with Crippen LogP contribution >= 0.6 is 15.9 Å². The predicted molar refractivity (Wildman–Crippen MR) is 85.2 cm³/mol. The third kappa shape index (κ3) is 2.10. The van der Waals surface area contributed by atoms with Crippen molar-refractivity contribution in [2.45, 2.75) is 32.1 Å². The molecule has 0 radical (unpaired) electrons. The Morgan fingerprint density at radius 2 is 2.14 bits per heavy atom. The predicted octanol–water partition coefficient (Wildman–Crippen LogP) is 4.59. The van der Waals surface area contributed by atoms with E-state index in [1.807, 2.05) is 12.1 Å². The number of carbonyl (C=O) groups is 1. The molecule has 1 unspecified atom stereocenters. The fourth-order valence-corrected chi connectivity index (χ4v) is 4.19. The Kier molecular flexibility index (Phi) is 3.07. The molecule has 1 aromatic carbocycles. The van der Waals surface area contributed by atoms with Crippen molar-refractivity contribution in [3.63, 3.8) is 0 Å². The van der Waals surface area contributed by atoms with Gasteiger partial charge in [-0.1, -0.05) is 34.1 Å². The van der Waals surface area contributed by atoms with Gasteiger partial charge in [-0.25, -0.2) is 0 Å². The Hall–Kier alpha value is -1.35. The SMILES string of the molecule is O=C1c2cc(Br)ccc2CC12CCOC1=C(C=CCC1)C2. The van der Waals surface area contributed by atoms with Crippen LogP contribution in [-0.2, 0) is 11.2 Å². The number of allylic oxidation sites excluding steroid dienone is 4. The summed E-state index contributed by atoms with van der Waals surface area (Å²) in [5, 5.41) is 0. The Balaban J connectivity index is 1.74. The number of rotatable bonds is 0. The van der Waals surface area contributed by atoms with Crippen molar-refractivity contribution in [2.24, 2.45) is 5.41 Å². The molecule has 0 N–H and O–H groups in total. The van der Waals surface area contributed by atoms with E-state index in [1.54, 1.807) is 0 Å². The van der Waals surface area contributed by atoms with Crippen molar-refractivity contribution in [3.05, 3.63) is 57.3 Å². The summed E-state index contributed by atoms with van der Waals surface area (Å²) in [4.78, 5) is 13.0. The van der Waals surface area contributed by atoms with Gasteiger partial charge >= 0.3 is 0 Å². The molecule has 0 bridgehead atoms. The number of fused-ring (bicyclic) bond motifs is 1. The van der Waals surface area contributed by atoms with Gasteiger partial charge in [-0.15, -0.1) is 0 Å². The molecule has 4 rings (SSSR count). The maximum Gasteiger partial charge on any atom is 0.170 e. The van der Waals surface area contributed by atoms with E-state index in [1.165, 1.54) is 11.1 Å². The van der Waals surface area contributed by atoms with Crippen LogP contribution in [0.15, 0.2) is 46.2 Å². The summed E-state index contributed by atoms with van der Waals surface area (Å²) in [7, 11) is 0. The molecule has 0 fully saturated rings. The average molecular weight is 345 g/mol. The molecule has 0 saturated carbocycles. The van der Waals surface area contributed by atoms with E-state index >= 15 is 0 Å². The second kappa shape index (κ2) is 4.84. The van der Waals surface area contributed by atoms with E-state index in [9.17, 15) is 4.79 Å². The van der Waals surface area contributed by atoms with Gasteiger partial charge in [0.05, 0.1) is 12.4 Å². The third-order valence-corrected chi connectivity index (χ3v) is 5.42. The highest BCUT2D eigenvalue weighted by molar-refractivity contribution is 9.10. The molecule has 0 aromatic heterocycles. The Morgan fingerprint density at radius 3 is 3.05 bits per heavy atom. The summed E-state index contributed by atoms with van der Waals surface area (Å²) >= 11 is 3.48. The lowest BCUT2D eigenvalue weighted by Crippen LogP contribution is -2.29. The molecule has 1 heterocycles. The van der Waals surface area contributed by atoms with E-state index < -0.39 is 0 Å². The minimum atomic E-state index is -0.290. The van der Waals surface area contributed by atoms with Gasteiger partial charge in [0, 0.05) is 21.9 Å². The monoisotopic (exact) mass is 344 g/mol. The number of hydrogen-bond acceptors (Lipinski definition) is 2. The Bertz CT molecular complexity index is 686. The number of halogens is 1. The van der Waals surface area contributed by atoms with Crippen LogP contribution in [0.25, 0.3) is 0 Å². The number of ketones is 1. The van der Waals surface area contributed by atoms with E-state index in [-0.39, 0.29) is 5.41 Å². The largest absolute Gasteiger partial charge is 0.498 e. The molecule has 1 spiro atoms. The van der Waals surface area contributed by atoms with E-state index in [2.05, 4.69) is 34.1 Å². The van der Waals surface area contributed by atoms with Crippen LogP contribution in [0.1, 0.15) is 41.6 Å². The van der Waals surface area contributed by atoms with Crippen molar-refractivity contribution >= 4 is 21.7 Å². The van der Waals surface area contributed by atoms with Gasteiger partial charge in [-0.3, -0.25) is 4.79 Å². The molecule has 2 aliphatic carbocycles. The minimum Gasteiger partial charge on any atom is -0.498 e.